The molecule has 7 heteroatoms. The molecule has 6 aromatic carbocycles. The van der Waals surface area contributed by atoms with Crippen molar-refractivity contribution in [1.82, 2.24) is 9.13 Å². The normalized spacial score (nSPS) is 12.0. The number of para-hydroxylation sites is 2. The van der Waals surface area contributed by atoms with Crippen molar-refractivity contribution in [3.63, 3.8) is 0 Å². The number of nitrogens with zero attached hydrogens (tertiary/aromatic N) is 2. The highest BCUT2D eigenvalue weighted by Crippen LogP contribution is 2.42. The molecule has 0 fully saturated rings. The fourth-order valence-corrected chi connectivity index (χ4v) is 6.84. The number of hydrogen-bond acceptors (Lipinski definition) is 2. The molecule has 0 N–H and O–H groups in total. The molecule has 2 heterocycles. The number of aromatic nitrogens is 2. The van der Waals surface area contributed by atoms with E-state index in [1.54, 1.807) is 37.0 Å². The summed E-state index contributed by atoms with van der Waals surface area (Å²) in [5.41, 5.74) is 6.23. The number of rotatable bonds is 5. The minimum Gasteiger partial charge on any atom is -0.497 e. The largest absolute Gasteiger partial charge is 0.497 e. The molecule has 2 aromatic heterocycles. The second kappa shape index (κ2) is 10.7. The number of methoxy groups -OCH3 is 2. The van der Waals surface area contributed by atoms with Crippen LogP contribution < -0.4 is 9.47 Å². The smallest absolute Gasteiger partial charge is 0.418 e. The van der Waals surface area contributed by atoms with Gasteiger partial charge in [0.25, 0.3) is 0 Å². The number of fused-ring (bicyclic) bond motifs is 6. The second-order valence-corrected chi connectivity index (χ2v) is 11.7. The van der Waals surface area contributed by atoms with Crippen LogP contribution in [0.5, 0.6) is 11.5 Å². The minimum absolute atomic E-state index is 0.0671. The molecular weight excluding hydrogens is 597 g/mol. The number of alkyl halides is 3. The van der Waals surface area contributed by atoms with Crippen LogP contribution in [0, 0.1) is 6.92 Å². The summed E-state index contributed by atoms with van der Waals surface area (Å²) in [7, 11) is 3.24. The summed E-state index contributed by atoms with van der Waals surface area (Å²) in [5.74, 6) is 1.41. The SMILES string of the molecule is COc1ccc2c(c1)c1ccccc1n2-c1cc(-c2ccc(C(F)(F)F)c(-n3c4ccccc4c4cc(OC)ccc43)c2)ccc1C. The standard InChI is InChI=1S/C40H29F3N2O2/c1-24-12-13-25(20-38(24)44-34-10-6-4-8-29(34)31-22-27(46-2)15-18-36(31)44)26-14-17-33(40(41,42)43)39(21-26)45-35-11-7-5-9-30(35)32-23-28(47-3)16-19-37(32)45/h4-23H,1-3H3. The maximum atomic E-state index is 14.7. The van der Waals surface area contributed by atoms with Crippen LogP contribution in [0.3, 0.4) is 0 Å². The molecule has 0 spiro atoms. The van der Waals surface area contributed by atoms with Gasteiger partial charge < -0.3 is 18.6 Å². The third-order valence-electron chi connectivity index (χ3n) is 9.09. The summed E-state index contributed by atoms with van der Waals surface area (Å²) in [6, 6.07) is 37.7. The molecule has 8 aromatic rings. The van der Waals surface area contributed by atoms with Crippen molar-refractivity contribution in [2.75, 3.05) is 14.2 Å². The van der Waals surface area contributed by atoms with Crippen LogP contribution in [-0.4, -0.2) is 23.4 Å². The Hall–Kier alpha value is -5.69. The average Bonchev–Trinajstić information content (AvgIpc) is 3.60. The maximum Gasteiger partial charge on any atom is 0.418 e. The highest BCUT2D eigenvalue weighted by molar-refractivity contribution is 6.11. The van der Waals surface area contributed by atoms with Crippen molar-refractivity contribution < 1.29 is 22.6 Å². The summed E-state index contributed by atoms with van der Waals surface area (Å²) < 4.78 is 59.0. The summed E-state index contributed by atoms with van der Waals surface area (Å²) in [5, 5.41) is 3.82. The van der Waals surface area contributed by atoms with E-state index in [1.165, 1.54) is 6.07 Å². The van der Waals surface area contributed by atoms with Crippen molar-refractivity contribution in [3.05, 3.63) is 132 Å². The van der Waals surface area contributed by atoms with Gasteiger partial charge in [0.15, 0.2) is 0 Å². The van der Waals surface area contributed by atoms with Gasteiger partial charge in [-0.3, -0.25) is 0 Å². The highest BCUT2D eigenvalue weighted by atomic mass is 19.4. The van der Waals surface area contributed by atoms with Gasteiger partial charge in [-0.15, -0.1) is 0 Å². The lowest BCUT2D eigenvalue weighted by atomic mass is 9.99. The van der Waals surface area contributed by atoms with Gasteiger partial charge in [-0.1, -0.05) is 54.6 Å². The summed E-state index contributed by atoms with van der Waals surface area (Å²) >= 11 is 0. The second-order valence-electron chi connectivity index (χ2n) is 11.7. The van der Waals surface area contributed by atoms with Crippen LogP contribution in [0.2, 0.25) is 0 Å². The van der Waals surface area contributed by atoms with E-state index in [2.05, 4.69) is 22.8 Å². The van der Waals surface area contributed by atoms with Gasteiger partial charge in [0.1, 0.15) is 11.5 Å². The van der Waals surface area contributed by atoms with Crippen LogP contribution in [0.15, 0.2) is 121 Å². The summed E-state index contributed by atoms with van der Waals surface area (Å²) in [6.45, 7) is 2.05. The van der Waals surface area contributed by atoms with E-state index >= 15 is 0 Å². The third-order valence-corrected chi connectivity index (χ3v) is 9.09. The predicted molar refractivity (Wildman–Crippen MR) is 183 cm³/mol. The van der Waals surface area contributed by atoms with E-state index < -0.39 is 11.7 Å². The topological polar surface area (TPSA) is 28.3 Å². The predicted octanol–water partition coefficient (Wildman–Crippen LogP) is 10.9. The van der Waals surface area contributed by atoms with Crippen LogP contribution in [0.25, 0.3) is 66.1 Å². The lowest BCUT2D eigenvalue weighted by Crippen LogP contribution is -2.11. The molecule has 232 valence electrons. The van der Waals surface area contributed by atoms with Gasteiger partial charge in [0.05, 0.1) is 47.5 Å². The molecule has 8 rings (SSSR count). The molecule has 0 amide bonds. The van der Waals surface area contributed by atoms with Gasteiger partial charge in [-0.2, -0.15) is 13.2 Å². The molecule has 0 atom stereocenters. The van der Waals surface area contributed by atoms with Gasteiger partial charge in [0, 0.05) is 27.2 Å². The quantitative estimate of drug-likeness (QED) is 0.190. The Morgan fingerprint density at radius 1 is 0.489 bits per heavy atom. The molecular formula is C40H29F3N2O2. The van der Waals surface area contributed by atoms with E-state index in [0.29, 0.717) is 22.3 Å². The lowest BCUT2D eigenvalue weighted by Gasteiger charge is -2.18. The maximum absolute atomic E-state index is 14.7. The zero-order valence-corrected chi connectivity index (χ0v) is 25.9. The molecule has 4 nitrogen and oxygen atoms in total. The number of ether oxygens (including phenoxy) is 2. The van der Waals surface area contributed by atoms with E-state index in [-0.39, 0.29) is 5.69 Å². The molecule has 0 radical (unpaired) electrons. The minimum atomic E-state index is -4.57. The molecule has 0 aliphatic heterocycles. The summed E-state index contributed by atoms with van der Waals surface area (Å²) in [6.07, 6.45) is -4.57. The number of aryl methyl sites for hydroxylation is 1. The first-order valence-electron chi connectivity index (χ1n) is 15.2. The van der Waals surface area contributed by atoms with Crippen molar-refractivity contribution in [3.8, 4) is 34.0 Å². The first-order valence-corrected chi connectivity index (χ1v) is 15.2. The Morgan fingerprint density at radius 2 is 0.957 bits per heavy atom. The van der Waals surface area contributed by atoms with Crippen molar-refractivity contribution in [1.29, 1.82) is 0 Å². The Kier molecular flexibility index (Phi) is 6.55. The fourth-order valence-electron chi connectivity index (χ4n) is 6.84. The lowest BCUT2D eigenvalue weighted by molar-refractivity contribution is -0.137. The monoisotopic (exact) mass is 626 g/mol. The van der Waals surface area contributed by atoms with Crippen LogP contribution in [0.1, 0.15) is 11.1 Å². The van der Waals surface area contributed by atoms with Crippen LogP contribution in [0.4, 0.5) is 13.2 Å². The Balaban J connectivity index is 1.37. The number of halogens is 3. The van der Waals surface area contributed by atoms with Gasteiger partial charge in [0.2, 0.25) is 0 Å². The van der Waals surface area contributed by atoms with E-state index in [4.69, 9.17) is 9.47 Å². The molecule has 0 saturated carbocycles. The molecule has 0 aliphatic rings. The van der Waals surface area contributed by atoms with Gasteiger partial charge >= 0.3 is 6.18 Å². The first-order chi connectivity index (χ1) is 22.8. The van der Waals surface area contributed by atoms with Crippen LogP contribution in [-0.2, 0) is 6.18 Å². The van der Waals surface area contributed by atoms with Gasteiger partial charge in [-0.05, 0) is 90.3 Å². The fraction of sp³-hybridized carbons (Fsp3) is 0.100. The molecule has 47 heavy (non-hydrogen) atoms. The average molecular weight is 627 g/mol. The van der Waals surface area contributed by atoms with E-state index in [1.807, 2.05) is 85.8 Å². The van der Waals surface area contributed by atoms with E-state index in [9.17, 15) is 13.2 Å². The Morgan fingerprint density at radius 3 is 1.49 bits per heavy atom. The third kappa shape index (κ3) is 4.53. The van der Waals surface area contributed by atoms with Crippen molar-refractivity contribution >= 4 is 43.6 Å². The Labute approximate surface area is 268 Å². The van der Waals surface area contributed by atoms with Crippen molar-refractivity contribution in [2.24, 2.45) is 0 Å². The van der Waals surface area contributed by atoms with Crippen molar-refractivity contribution in [2.45, 2.75) is 13.1 Å². The number of benzene rings is 6. The van der Waals surface area contributed by atoms with E-state index in [0.717, 1.165) is 55.1 Å². The zero-order chi connectivity index (χ0) is 32.4. The highest BCUT2D eigenvalue weighted by Gasteiger charge is 2.35. The first kappa shape index (κ1) is 28.8. The molecule has 0 aliphatic carbocycles. The van der Waals surface area contributed by atoms with Gasteiger partial charge in [-0.25, -0.2) is 0 Å². The number of hydrogen-bond donors (Lipinski definition) is 0. The molecule has 0 saturated heterocycles. The summed E-state index contributed by atoms with van der Waals surface area (Å²) in [4.78, 5) is 0. The Bertz CT molecular complexity index is 2500. The molecule has 0 bridgehead atoms. The molecule has 0 unspecified atom stereocenters. The van der Waals surface area contributed by atoms with Crippen LogP contribution >= 0.6 is 0 Å². The zero-order valence-electron chi connectivity index (χ0n) is 25.9.